The van der Waals surface area contributed by atoms with Crippen molar-refractivity contribution < 1.29 is 4.79 Å². The topological polar surface area (TPSA) is 42.0 Å². The third-order valence-electron chi connectivity index (χ3n) is 3.06. The summed E-state index contributed by atoms with van der Waals surface area (Å²) in [4.78, 5) is 16.9. The van der Waals surface area contributed by atoms with Gasteiger partial charge in [0.1, 0.15) is 0 Å². The second-order valence-corrected chi connectivity index (χ2v) is 5.73. The van der Waals surface area contributed by atoms with Crippen LogP contribution in [0.15, 0.2) is 36.5 Å². The number of hydrogen-bond donors (Lipinski definition) is 1. The van der Waals surface area contributed by atoms with Crippen molar-refractivity contribution in [2.24, 2.45) is 0 Å². The van der Waals surface area contributed by atoms with Gasteiger partial charge in [0.05, 0.1) is 11.1 Å². The van der Waals surface area contributed by atoms with E-state index in [1.807, 2.05) is 30.3 Å². The highest BCUT2D eigenvalue weighted by atomic mass is 79.9. The number of para-hydroxylation sites is 1. The number of halogens is 1. The van der Waals surface area contributed by atoms with Crippen LogP contribution in [0, 0.1) is 0 Å². The summed E-state index contributed by atoms with van der Waals surface area (Å²) in [5, 5.41) is 3.94. The first-order valence-electron chi connectivity index (χ1n) is 6.48. The van der Waals surface area contributed by atoms with Gasteiger partial charge >= 0.3 is 0 Å². The SMILES string of the molecule is CCC(Br)CCNC(=O)c1cccc2cccnc12. The van der Waals surface area contributed by atoms with Crippen LogP contribution in [-0.4, -0.2) is 22.3 Å². The first-order chi connectivity index (χ1) is 9.22. The molecule has 0 spiro atoms. The molecule has 1 amide bonds. The van der Waals surface area contributed by atoms with Crippen LogP contribution in [0.3, 0.4) is 0 Å². The van der Waals surface area contributed by atoms with Crippen LogP contribution in [0.4, 0.5) is 0 Å². The van der Waals surface area contributed by atoms with Gasteiger partial charge in [0, 0.05) is 23.0 Å². The predicted molar refractivity (Wildman–Crippen MR) is 81.7 cm³/mol. The highest BCUT2D eigenvalue weighted by molar-refractivity contribution is 9.09. The van der Waals surface area contributed by atoms with Crippen LogP contribution in [0.25, 0.3) is 10.9 Å². The van der Waals surface area contributed by atoms with Crippen molar-refractivity contribution in [1.29, 1.82) is 0 Å². The van der Waals surface area contributed by atoms with Gasteiger partial charge < -0.3 is 5.32 Å². The Bertz CT molecular complexity index is 566. The third-order valence-corrected chi connectivity index (χ3v) is 4.17. The fraction of sp³-hybridized carbons (Fsp3) is 0.333. The number of fused-ring (bicyclic) bond motifs is 1. The van der Waals surface area contributed by atoms with Crippen LogP contribution in [-0.2, 0) is 0 Å². The Morgan fingerprint density at radius 2 is 2.16 bits per heavy atom. The van der Waals surface area contributed by atoms with Crippen LogP contribution in [0.2, 0.25) is 0 Å². The monoisotopic (exact) mass is 320 g/mol. The summed E-state index contributed by atoms with van der Waals surface area (Å²) < 4.78 is 0. The van der Waals surface area contributed by atoms with E-state index in [-0.39, 0.29) is 5.91 Å². The molecule has 0 bridgehead atoms. The molecule has 1 heterocycles. The largest absolute Gasteiger partial charge is 0.352 e. The Morgan fingerprint density at radius 3 is 2.95 bits per heavy atom. The second kappa shape index (κ2) is 6.66. The summed E-state index contributed by atoms with van der Waals surface area (Å²) in [7, 11) is 0. The Labute approximate surface area is 121 Å². The van der Waals surface area contributed by atoms with Gasteiger partial charge in [-0.15, -0.1) is 0 Å². The van der Waals surface area contributed by atoms with Gasteiger partial charge in [-0.2, -0.15) is 0 Å². The number of hydrogen-bond acceptors (Lipinski definition) is 2. The highest BCUT2D eigenvalue weighted by Crippen LogP contribution is 2.16. The number of pyridine rings is 1. The molecule has 2 rings (SSSR count). The first-order valence-corrected chi connectivity index (χ1v) is 7.40. The van der Waals surface area contributed by atoms with E-state index in [0.29, 0.717) is 16.9 Å². The van der Waals surface area contributed by atoms with E-state index in [2.05, 4.69) is 33.2 Å². The number of nitrogens with zero attached hydrogens (tertiary/aromatic N) is 1. The molecule has 1 N–H and O–H groups in total. The van der Waals surface area contributed by atoms with Gasteiger partial charge in [0.2, 0.25) is 0 Å². The maximum absolute atomic E-state index is 12.2. The third kappa shape index (κ3) is 3.53. The molecule has 3 nitrogen and oxygen atoms in total. The van der Waals surface area contributed by atoms with Crippen molar-refractivity contribution in [2.45, 2.75) is 24.6 Å². The van der Waals surface area contributed by atoms with Crippen LogP contribution in [0.5, 0.6) is 0 Å². The summed E-state index contributed by atoms with van der Waals surface area (Å²) in [5.74, 6) is -0.0555. The van der Waals surface area contributed by atoms with E-state index in [4.69, 9.17) is 0 Å². The highest BCUT2D eigenvalue weighted by Gasteiger charge is 2.10. The van der Waals surface area contributed by atoms with Crippen molar-refractivity contribution in [2.75, 3.05) is 6.54 Å². The molecule has 19 heavy (non-hydrogen) atoms. The van der Waals surface area contributed by atoms with E-state index < -0.39 is 0 Å². The van der Waals surface area contributed by atoms with Crippen molar-refractivity contribution in [3.63, 3.8) is 0 Å². The molecule has 2 aromatic rings. The molecule has 0 aliphatic carbocycles. The van der Waals surface area contributed by atoms with Crippen molar-refractivity contribution in [3.05, 3.63) is 42.1 Å². The van der Waals surface area contributed by atoms with E-state index in [0.717, 1.165) is 23.7 Å². The lowest BCUT2D eigenvalue weighted by Crippen LogP contribution is -2.26. The minimum absolute atomic E-state index is 0.0555. The lowest BCUT2D eigenvalue weighted by molar-refractivity contribution is 0.0954. The van der Waals surface area contributed by atoms with Gasteiger partial charge in [0.25, 0.3) is 5.91 Å². The molecule has 0 aliphatic rings. The van der Waals surface area contributed by atoms with E-state index in [1.165, 1.54) is 0 Å². The van der Waals surface area contributed by atoms with Crippen molar-refractivity contribution in [3.8, 4) is 0 Å². The molecule has 0 saturated carbocycles. The van der Waals surface area contributed by atoms with Crippen molar-refractivity contribution in [1.82, 2.24) is 10.3 Å². The number of amides is 1. The zero-order chi connectivity index (χ0) is 13.7. The second-order valence-electron chi connectivity index (χ2n) is 4.43. The van der Waals surface area contributed by atoms with E-state index in [1.54, 1.807) is 6.20 Å². The fourth-order valence-corrected chi connectivity index (χ4v) is 2.16. The zero-order valence-corrected chi connectivity index (χ0v) is 12.5. The first kappa shape index (κ1) is 14.0. The molecule has 4 heteroatoms. The Morgan fingerprint density at radius 1 is 1.37 bits per heavy atom. The van der Waals surface area contributed by atoms with Gasteiger partial charge in [-0.05, 0) is 25.0 Å². The molecule has 1 unspecified atom stereocenters. The summed E-state index contributed by atoms with van der Waals surface area (Å²) >= 11 is 3.56. The van der Waals surface area contributed by atoms with Gasteiger partial charge in [-0.3, -0.25) is 9.78 Å². The molecule has 0 aliphatic heterocycles. The molecule has 0 fully saturated rings. The molecule has 0 saturated heterocycles. The maximum atomic E-state index is 12.2. The minimum atomic E-state index is -0.0555. The Hall–Kier alpha value is -1.42. The number of aromatic nitrogens is 1. The summed E-state index contributed by atoms with van der Waals surface area (Å²) in [6, 6.07) is 9.50. The molecule has 1 aromatic heterocycles. The van der Waals surface area contributed by atoms with Crippen LogP contribution < -0.4 is 5.32 Å². The average Bonchev–Trinajstić information content (AvgIpc) is 2.46. The number of carbonyl (C=O) groups excluding carboxylic acids is 1. The molecular formula is C15H17BrN2O. The molecule has 1 atom stereocenters. The van der Waals surface area contributed by atoms with E-state index >= 15 is 0 Å². The summed E-state index contributed by atoms with van der Waals surface area (Å²) in [6.07, 6.45) is 3.71. The number of benzene rings is 1. The minimum Gasteiger partial charge on any atom is -0.352 e. The zero-order valence-electron chi connectivity index (χ0n) is 10.9. The molecule has 0 radical (unpaired) electrons. The van der Waals surface area contributed by atoms with Gasteiger partial charge in [0.15, 0.2) is 0 Å². The Balaban J connectivity index is 2.09. The average molecular weight is 321 g/mol. The van der Waals surface area contributed by atoms with Gasteiger partial charge in [-0.1, -0.05) is 41.1 Å². The number of carbonyl (C=O) groups is 1. The normalized spacial score (nSPS) is 12.3. The lowest BCUT2D eigenvalue weighted by Gasteiger charge is -2.09. The summed E-state index contributed by atoms with van der Waals surface area (Å²) in [5.41, 5.74) is 1.40. The molecular weight excluding hydrogens is 304 g/mol. The summed E-state index contributed by atoms with van der Waals surface area (Å²) in [6.45, 7) is 2.79. The number of alkyl halides is 1. The quantitative estimate of drug-likeness (QED) is 0.856. The van der Waals surface area contributed by atoms with Crippen LogP contribution >= 0.6 is 15.9 Å². The van der Waals surface area contributed by atoms with E-state index in [9.17, 15) is 4.79 Å². The number of rotatable bonds is 5. The lowest BCUT2D eigenvalue weighted by atomic mass is 10.1. The Kier molecular flexibility index (Phi) is 4.91. The smallest absolute Gasteiger partial charge is 0.253 e. The maximum Gasteiger partial charge on any atom is 0.253 e. The van der Waals surface area contributed by atoms with Gasteiger partial charge in [-0.25, -0.2) is 0 Å². The van der Waals surface area contributed by atoms with Crippen LogP contribution in [0.1, 0.15) is 30.1 Å². The predicted octanol–water partition coefficient (Wildman–Crippen LogP) is 3.53. The fourth-order valence-electron chi connectivity index (χ4n) is 1.93. The molecule has 1 aromatic carbocycles. The number of nitrogens with one attached hydrogen (secondary N) is 1. The molecule has 100 valence electrons. The standard InChI is InChI=1S/C15H17BrN2O/c1-2-12(16)8-10-18-15(19)13-7-3-5-11-6-4-9-17-14(11)13/h3-7,9,12H,2,8,10H2,1H3,(H,18,19). The van der Waals surface area contributed by atoms with Crippen molar-refractivity contribution >= 4 is 32.7 Å².